The molecule has 3 amide bonds. The molecule has 3 aromatic rings. The summed E-state index contributed by atoms with van der Waals surface area (Å²) < 4.78 is 10.7. The maximum Gasteiger partial charge on any atom is 0.287 e. The zero-order valence-electron chi connectivity index (χ0n) is 16.8. The number of hydrogen-bond acceptors (Lipinski definition) is 5. The van der Waals surface area contributed by atoms with Gasteiger partial charge in [0, 0.05) is 12.1 Å². The van der Waals surface area contributed by atoms with Gasteiger partial charge in [0.05, 0.1) is 12.0 Å². The van der Waals surface area contributed by atoms with Crippen molar-refractivity contribution >= 4 is 29.1 Å². The van der Waals surface area contributed by atoms with Crippen LogP contribution in [0.15, 0.2) is 71.3 Å². The van der Waals surface area contributed by atoms with Gasteiger partial charge in [-0.05, 0) is 42.8 Å². The van der Waals surface area contributed by atoms with E-state index in [0.29, 0.717) is 23.5 Å². The first-order valence-electron chi connectivity index (χ1n) is 9.80. The highest BCUT2D eigenvalue weighted by molar-refractivity contribution is 6.02. The van der Waals surface area contributed by atoms with Crippen LogP contribution in [0.4, 0.5) is 11.4 Å². The van der Waals surface area contributed by atoms with Gasteiger partial charge in [0.2, 0.25) is 5.91 Å². The van der Waals surface area contributed by atoms with Crippen molar-refractivity contribution in [3.8, 4) is 5.75 Å². The molecular weight excluding hydrogens is 398 g/mol. The maximum atomic E-state index is 13.0. The molecule has 4 rings (SSSR count). The highest BCUT2D eigenvalue weighted by Gasteiger charge is 2.26. The molecule has 0 fully saturated rings. The van der Waals surface area contributed by atoms with Gasteiger partial charge < -0.3 is 25.1 Å². The summed E-state index contributed by atoms with van der Waals surface area (Å²) in [5.41, 5.74) is 1.83. The Hall–Kier alpha value is -4.07. The predicted molar refractivity (Wildman–Crippen MR) is 114 cm³/mol. The molecule has 0 spiro atoms. The van der Waals surface area contributed by atoms with Gasteiger partial charge in [-0.25, -0.2) is 0 Å². The number of ether oxygens (including phenoxy) is 1. The minimum Gasteiger partial charge on any atom is -0.479 e. The van der Waals surface area contributed by atoms with Crippen LogP contribution in [-0.2, 0) is 16.0 Å². The molecular formula is C23H21N3O5. The Labute approximate surface area is 178 Å². The number of nitrogens with one attached hydrogen (secondary N) is 3. The van der Waals surface area contributed by atoms with E-state index < -0.39 is 24.0 Å². The zero-order valence-corrected chi connectivity index (χ0v) is 16.8. The van der Waals surface area contributed by atoms with Crippen molar-refractivity contribution in [2.24, 2.45) is 0 Å². The summed E-state index contributed by atoms with van der Waals surface area (Å²) in [7, 11) is 0. The lowest BCUT2D eigenvalue weighted by molar-refractivity contribution is -0.122. The van der Waals surface area contributed by atoms with E-state index in [1.165, 1.54) is 12.3 Å². The van der Waals surface area contributed by atoms with Crippen LogP contribution in [-0.4, -0.2) is 29.9 Å². The van der Waals surface area contributed by atoms with Crippen molar-refractivity contribution in [3.63, 3.8) is 0 Å². The fourth-order valence-electron chi connectivity index (χ4n) is 3.21. The number of furan rings is 1. The van der Waals surface area contributed by atoms with Gasteiger partial charge in [-0.2, -0.15) is 0 Å². The smallest absolute Gasteiger partial charge is 0.287 e. The summed E-state index contributed by atoms with van der Waals surface area (Å²) in [5, 5.41) is 8.27. The van der Waals surface area contributed by atoms with Gasteiger partial charge in [-0.3, -0.25) is 14.4 Å². The molecule has 1 aliphatic rings. The fourth-order valence-corrected chi connectivity index (χ4v) is 3.21. The van der Waals surface area contributed by atoms with Crippen LogP contribution < -0.4 is 20.7 Å². The van der Waals surface area contributed by atoms with Crippen LogP contribution in [0.1, 0.15) is 23.0 Å². The lowest BCUT2D eigenvalue weighted by Crippen LogP contribution is -2.45. The van der Waals surface area contributed by atoms with E-state index in [4.69, 9.17) is 9.15 Å². The number of anilines is 2. The lowest BCUT2D eigenvalue weighted by atomic mass is 10.0. The standard InChI is InChI=1S/C23H21N3O5/c1-14-21(27)25-17-13-16(9-10-19(17)31-14)24-22(28)18(12-15-6-3-2-4-7-15)26-23(29)20-8-5-11-30-20/h2-11,13-14,18H,12H2,1H3,(H,24,28)(H,25,27)(H,26,29)/t14-,18-/m0/s1. The van der Waals surface area contributed by atoms with Crippen molar-refractivity contribution in [1.82, 2.24) is 5.32 Å². The summed E-state index contributed by atoms with van der Waals surface area (Å²) in [6, 6.07) is 16.6. The highest BCUT2D eigenvalue weighted by atomic mass is 16.5. The third-order valence-electron chi connectivity index (χ3n) is 4.83. The Balaban J connectivity index is 1.52. The van der Waals surface area contributed by atoms with Gasteiger partial charge in [0.1, 0.15) is 11.8 Å². The average Bonchev–Trinajstić information content (AvgIpc) is 3.30. The molecule has 158 valence electrons. The molecule has 2 aromatic carbocycles. The third-order valence-corrected chi connectivity index (χ3v) is 4.83. The van der Waals surface area contributed by atoms with Crippen LogP contribution in [0.2, 0.25) is 0 Å². The fraction of sp³-hybridized carbons (Fsp3) is 0.174. The van der Waals surface area contributed by atoms with Crippen LogP contribution in [0.3, 0.4) is 0 Å². The van der Waals surface area contributed by atoms with E-state index in [0.717, 1.165) is 5.56 Å². The Morgan fingerprint density at radius 3 is 2.65 bits per heavy atom. The molecule has 2 atom stereocenters. The molecule has 2 heterocycles. The number of fused-ring (bicyclic) bond motifs is 1. The zero-order chi connectivity index (χ0) is 21.8. The average molecular weight is 419 g/mol. The molecule has 8 nitrogen and oxygen atoms in total. The van der Waals surface area contributed by atoms with E-state index in [1.807, 2.05) is 30.3 Å². The first kappa shape index (κ1) is 20.2. The van der Waals surface area contributed by atoms with Crippen LogP contribution >= 0.6 is 0 Å². The van der Waals surface area contributed by atoms with Crippen molar-refractivity contribution < 1.29 is 23.5 Å². The third kappa shape index (κ3) is 4.75. The molecule has 0 radical (unpaired) electrons. The first-order chi connectivity index (χ1) is 15.0. The first-order valence-corrected chi connectivity index (χ1v) is 9.80. The largest absolute Gasteiger partial charge is 0.479 e. The molecule has 31 heavy (non-hydrogen) atoms. The number of amides is 3. The van der Waals surface area contributed by atoms with Gasteiger partial charge in [0.25, 0.3) is 11.8 Å². The van der Waals surface area contributed by atoms with Gasteiger partial charge in [-0.1, -0.05) is 30.3 Å². The van der Waals surface area contributed by atoms with Crippen LogP contribution in [0.25, 0.3) is 0 Å². The molecule has 8 heteroatoms. The molecule has 0 bridgehead atoms. The number of carbonyl (C=O) groups excluding carboxylic acids is 3. The van der Waals surface area contributed by atoms with Crippen molar-refractivity contribution in [2.45, 2.75) is 25.5 Å². The van der Waals surface area contributed by atoms with Gasteiger partial charge >= 0.3 is 0 Å². The summed E-state index contributed by atoms with van der Waals surface area (Å²) in [6.07, 6.45) is 1.10. The Kier molecular flexibility index (Phi) is 5.70. The van der Waals surface area contributed by atoms with E-state index in [-0.39, 0.29) is 11.7 Å². The topological polar surface area (TPSA) is 110 Å². The van der Waals surface area contributed by atoms with E-state index in [1.54, 1.807) is 31.2 Å². The SMILES string of the molecule is C[C@@H]1Oc2ccc(NC(=O)[C@H](Cc3ccccc3)NC(=O)c3ccco3)cc2NC1=O. The second-order valence-electron chi connectivity index (χ2n) is 7.14. The normalized spacial score (nSPS) is 15.8. The molecule has 0 unspecified atom stereocenters. The van der Waals surface area contributed by atoms with Crippen LogP contribution in [0.5, 0.6) is 5.75 Å². The summed E-state index contributed by atoms with van der Waals surface area (Å²) in [4.78, 5) is 37.4. The Bertz CT molecular complexity index is 1100. The molecule has 0 saturated carbocycles. The van der Waals surface area contributed by atoms with E-state index in [2.05, 4.69) is 16.0 Å². The molecule has 0 aliphatic carbocycles. The molecule has 1 aliphatic heterocycles. The molecule has 1 aromatic heterocycles. The molecule has 0 saturated heterocycles. The number of rotatable bonds is 6. The summed E-state index contributed by atoms with van der Waals surface area (Å²) >= 11 is 0. The summed E-state index contributed by atoms with van der Waals surface area (Å²) in [6.45, 7) is 1.66. The lowest BCUT2D eigenvalue weighted by Gasteiger charge is -2.24. The van der Waals surface area contributed by atoms with Gasteiger partial charge in [-0.15, -0.1) is 0 Å². The molecule has 3 N–H and O–H groups in total. The van der Waals surface area contributed by atoms with E-state index in [9.17, 15) is 14.4 Å². The minimum absolute atomic E-state index is 0.119. The second kappa shape index (κ2) is 8.74. The predicted octanol–water partition coefficient (Wildman–Crippen LogP) is 2.98. The van der Waals surface area contributed by atoms with Gasteiger partial charge in [0.15, 0.2) is 11.9 Å². The number of carbonyl (C=O) groups is 3. The van der Waals surface area contributed by atoms with Crippen molar-refractivity contribution in [3.05, 3.63) is 78.3 Å². The number of benzene rings is 2. The van der Waals surface area contributed by atoms with Crippen molar-refractivity contribution in [2.75, 3.05) is 10.6 Å². The summed E-state index contributed by atoms with van der Waals surface area (Å²) in [5.74, 6) is -0.504. The highest BCUT2D eigenvalue weighted by Crippen LogP contribution is 2.32. The van der Waals surface area contributed by atoms with Crippen LogP contribution in [0, 0.1) is 0 Å². The monoisotopic (exact) mass is 419 g/mol. The Morgan fingerprint density at radius 1 is 1.10 bits per heavy atom. The van der Waals surface area contributed by atoms with E-state index >= 15 is 0 Å². The number of hydrogen-bond donors (Lipinski definition) is 3. The quantitative estimate of drug-likeness (QED) is 0.569. The maximum absolute atomic E-state index is 13.0. The minimum atomic E-state index is -0.845. The Morgan fingerprint density at radius 2 is 1.90 bits per heavy atom. The second-order valence-corrected chi connectivity index (χ2v) is 7.14. The van der Waals surface area contributed by atoms with Crippen molar-refractivity contribution in [1.29, 1.82) is 0 Å².